The van der Waals surface area contributed by atoms with E-state index in [4.69, 9.17) is 4.74 Å². The van der Waals surface area contributed by atoms with Gasteiger partial charge in [-0.15, -0.1) is 0 Å². The van der Waals surface area contributed by atoms with Gasteiger partial charge in [-0.25, -0.2) is 9.78 Å². The number of amides is 1. The molecule has 0 aromatic carbocycles. The maximum Gasteiger partial charge on any atom is 0.412 e. The molecule has 122 valence electrons. The van der Waals surface area contributed by atoms with Gasteiger partial charge in [0, 0.05) is 31.0 Å². The van der Waals surface area contributed by atoms with E-state index in [1.807, 2.05) is 26.8 Å². The monoisotopic (exact) mass is 305 g/mol. The van der Waals surface area contributed by atoms with Crippen molar-refractivity contribution in [2.75, 3.05) is 23.3 Å². The molecule has 1 saturated heterocycles. The first-order valence-electron chi connectivity index (χ1n) is 8.08. The molecule has 0 radical (unpaired) electrons. The number of carbonyl (C=O) groups excluding carboxylic acids is 1. The summed E-state index contributed by atoms with van der Waals surface area (Å²) in [5, 5.41) is 2.77. The van der Waals surface area contributed by atoms with Crippen molar-refractivity contribution in [3.05, 3.63) is 18.3 Å². The average Bonchev–Trinajstić information content (AvgIpc) is 2.45. The fourth-order valence-corrected chi connectivity index (χ4v) is 2.66. The van der Waals surface area contributed by atoms with Crippen LogP contribution in [0.5, 0.6) is 0 Å². The standard InChI is InChI=1S/C17H27N3O2/c1-5-13-7-10-20(11-8-13)15-12-14(6-9-18-15)19-16(21)22-17(2,3)4/h6,9,12-13H,5,7-8,10-11H2,1-4H3,(H,18,19,21). The van der Waals surface area contributed by atoms with Gasteiger partial charge < -0.3 is 9.64 Å². The zero-order valence-electron chi connectivity index (χ0n) is 14.1. The zero-order valence-corrected chi connectivity index (χ0v) is 14.1. The largest absolute Gasteiger partial charge is 0.444 e. The van der Waals surface area contributed by atoms with Gasteiger partial charge in [-0.2, -0.15) is 0 Å². The molecule has 0 bridgehead atoms. The van der Waals surface area contributed by atoms with Crippen LogP contribution < -0.4 is 10.2 Å². The summed E-state index contributed by atoms with van der Waals surface area (Å²) < 4.78 is 5.27. The summed E-state index contributed by atoms with van der Waals surface area (Å²) in [6.45, 7) is 9.86. The molecule has 1 N–H and O–H groups in total. The minimum Gasteiger partial charge on any atom is -0.444 e. The van der Waals surface area contributed by atoms with Gasteiger partial charge in [-0.1, -0.05) is 13.3 Å². The highest BCUT2D eigenvalue weighted by Crippen LogP contribution is 2.25. The minimum absolute atomic E-state index is 0.436. The number of aromatic nitrogens is 1. The topological polar surface area (TPSA) is 54.5 Å². The number of hydrogen-bond donors (Lipinski definition) is 1. The van der Waals surface area contributed by atoms with Crippen LogP contribution in [-0.4, -0.2) is 29.8 Å². The van der Waals surface area contributed by atoms with Crippen LogP contribution in [-0.2, 0) is 4.74 Å². The molecule has 2 rings (SSSR count). The lowest BCUT2D eigenvalue weighted by Gasteiger charge is -2.32. The van der Waals surface area contributed by atoms with E-state index < -0.39 is 11.7 Å². The Bertz CT molecular complexity index is 503. The van der Waals surface area contributed by atoms with Gasteiger partial charge in [0.1, 0.15) is 11.4 Å². The maximum atomic E-state index is 11.8. The van der Waals surface area contributed by atoms with Crippen molar-refractivity contribution in [2.45, 2.75) is 52.6 Å². The molecule has 0 aliphatic carbocycles. The third-order valence-electron chi connectivity index (χ3n) is 3.91. The predicted octanol–water partition coefficient (Wildman–Crippen LogP) is 4.06. The summed E-state index contributed by atoms with van der Waals surface area (Å²) >= 11 is 0. The Morgan fingerprint density at radius 1 is 1.41 bits per heavy atom. The number of hydrogen-bond acceptors (Lipinski definition) is 4. The number of piperidine rings is 1. The molecule has 22 heavy (non-hydrogen) atoms. The Morgan fingerprint density at radius 2 is 2.09 bits per heavy atom. The third kappa shape index (κ3) is 4.90. The number of ether oxygens (including phenoxy) is 1. The van der Waals surface area contributed by atoms with Crippen LogP contribution in [0.3, 0.4) is 0 Å². The lowest BCUT2D eigenvalue weighted by molar-refractivity contribution is 0.0636. The van der Waals surface area contributed by atoms with Crippen molar-refractivity contribution in [1.82, 2.24) is 4.98 Å². The Kier molecular flexibility index (Phi) is 5.27. The Labute approximate surface area is 133 Å². The summed E-state index contributed by atoms with van der Waals surface area (Å²) in [5.74, 6) is 1.75. The van der Waals surface area contributed by atoms with Crippen molar-refractivity contribution in [1.29, 1.82) is 0 Å². The highest BCUT2D eigenvalue weighted by molar-refractivity contribution is 5.85. The number of nitrogens with zero attached hydrogens (tertiary/aromatic N) is 2. The highest BCUT2D eigenvalue weighted by atomic mass is 16.6. The molecule has 5 nitrogen and oxygen atoms in total. The van der Waals surface area contributed by atoms with E-state index in [9.17, 15) is 4.79 Å². The van der Waals surface area contributed by atoms with Crippen LogP contribution in [0.15, 0.2) is 18.3 Å². The second kappa shape index (κ2) is 6.99. The van der Waals surface area contributed by atoms with E-state index in [2.05, 4.69) is 22.1 Å². The van der Waals surface area contributed by atoms with E-state index in [1.54, 1.807) is 12.3 Å². The van der Waals surface area contributed by atoms with Crippen molar-refractivity contribution in [2.24, 2.45) is 5.92 Å². The molecule has 2 heterocycles. The lowest BCUT2D eigenvalue weighted by atomic mass is 9.94. The second-order valence-electron chi connectivity index (χ2n) is 6.87. The second-order valence-corrected chi connectivity index (χ2v) is 6.87. The third-order valence-corrected chi connectivity index (χ3v) is 3.91. The van der Waals surface area contributed by atoms with Crippen molar-refractivity contribution < 1.29 is 9.53 Å². The molecular formula is C17H27N3O2. The van der Waals surface area contributed by atoms with E-state index in [1.165, 1.54) is 19.3 Å². The summed E-state index contributed by atoms with van der Waals surface area (Å²) in [5.41, 5.74) is 0.221. The van der Waals surface area contributed by atoms with Gasteiger partial charge >= 0.3 is 6.09 Å². The first-order valence-corrected chi connectivity index (χ1v) is 8.08. The molecular weight excluding hydrogens is 278 g/mol. The minimum atomic E-state index is -0.498. The van der Waals surface area contributed by atoms with E-state index >= 15 is 0 Å². The lowest BCUT2D eigenvalue weighted by Crippen LogP contribution is -2.34. The van der Waals surface area contributed by atoms with Crippen LogP contribution in [0.25, 0.3) is 0 Å². The number of nitrogens with one attached hydrogen (secondary N) is 1. The van der Waals surface area contributed by atoms with Crippen molar-refractivity contribution >= 4 is 17.6 Å². The van der Waals surface area contributed by atoms with Crippen LogP contribution >= 0.6 is 0 Å². The molecule has 1 aromatic heterocycles. The summed E-state index contributed by atoms with van der Waals surface area (Å²) in [4.78, 5) is 18.5. The molecule has 1 fully saturated rings. The molecule has 5 heteroatoms. The number of pyridine rings is 1. The highest BCUT2D eigenvalue weighted by Gasteiger charge is 2.20. The maximum absolute atomic E-state index is 11.8. The van der Waals surface area contributed by atoms with Crippen LogP contribution in [0.4, 0.5) is 16.3 Å². The number of anilines is 2. The Morgan fingerprint density at radius 3 is 2.68 bits per heavy atom. The van der Waals surface area contributed by atoms with Gasteiger partial charge in [-0.3, -0.25) is 5.32 Å². The van der Waals surface area contributed by atoms with Crippen LogP contribution in [0, 0.1) is 5.92 Å². The molecule has 1 amide bonds. The number of carbonyl (C=O) groups is 1. The van der Waals surface area contributed by atoms with E-state index in [0.29, 0.717) is 0 Å². The molecule has 0 atom stereocenters. The smallest absolute Gasteiger partial charge is 0.412 e. The number of rotatable bonds is 3. The molecule has 1 aliphatic heterocycles. The predicted molar refractivity (Wildman–Crippen MR) is 89.3 cm³/mol. The van der Waals surface area contributed by atoms with Gasteiger partial charge in [0.15, 0.2) is 0 Å². The fraction of sp³-hybridized carbons (Fsp3) is 0.647. The fourth-order valence-electron chi connectivity index (χ4n) is 2.66. The molecule has 0 unspecified atom stereocenters. The molecule has 0 spiro atoms. The average molecular weight is 305 g/mol. The quantitative estimate of drug-likeness (QED) is 0.915. The first kappa shape index (κ1) is 16.6. The molecule has 1 aliphatic rings. The van der Waals surface area contributed by atoms with Crippen LogP contribution in [0.1, 0.15) is 47.0 Å². The van der Waals surface area contributed by atoms with Gasteiger partial charge in [0.05, 0.1) is 0 Å². The summed E-state index contributed by atoms with van der Waals surface area (Å²) in [6.07, 6.45) is 4.97. The van der Waals surface area contributed by atoms with Gasteiger partial charge in [-0.05, 0) is 45.6 Å². The zero-order chi connectivity index (χ0) is 16.2. The Hall–Kier alpha value is -1.78. The van der Waals surface area contributed by atoms with Crippen molar-refractivity contribution in [3.8, 4) is 0 Å². The Balaban J connectivity index is 1.97. The SMILES string of the molecule is CCC1CCN(c2cc(NC(=O)OC(C)(C)C)ccn2)CC1. The van der Waals surface area contributed by atoms with E-state index in [0.717, 1.165) is 30.5 Å². The van der Waals surface area contributed by atoms with E-state index in [-0.39, 0.29) is 0 Å². The normalized spacial score (nSPS) is 16.5. The molecule has 1 aromatic rings. The first-order chi connectivity index (χ1) is 10.4. The molecule has 0 saturated carbocycles. The summed E-state index contributed by atoms with van der Waals surface area (Å²) in [6, 6.07) is 3.70. The van der Waals surface area contributed by atoms with Gasteiger partial charge in [0.2, 0.25) is 0 Å². The van der Waals surface area contributed by atoms with Gasteiger partial charge in [0.25, 0.3) is 0 Å². The summed E-state index contributed by atoms with van der Waals surface area (Å²) in [7, 11) is 0. The van der Waals surface area contributed by atoms with Crippen molar-refractivity contribution in [3.63, 3.8) is 0 Å². The van der Waals surface area contributed by atoms with Crippen LogP contribution in [0.2, 0.25) is 0 Å².